The van der Waals surface area contributed by atoms with Gasteiger partial charge in [-0.1, -0.05) is 13.0 Å². The highest BCUT2D eigenvalue weighted by Gasteiger charge is 2.28. The Morgan fingerprint density at radius 1 is 1.48 bits per heavy atom. The van der Waals surface area contributed by atoms with Gasteiger partial charge in [0.2, 0.25) is 0 Å². The van der Waals surface area contributed by atoms with E-state index in [0.29, 0.717) is 6.04 Å². The maximum absolute atomic E-state index is 10.7. The summed E-state index contributed by atoms with van der Waals surface area (Å²) in [7, 11) is 1.65. The predicted molar refractivity (Wildman–Crippen MR) is 83.4 cm³/mol. The molecule has 0 spiro atoms. The molecule has 0 saturated heterocycles. The molecule has 1 aromatic rings. The Morgan fingerprint density at radius 3 is 2.81 bits per heavy atom. The van der Waals surface area contributed by atoms with Gasteiger partial charge in [0.15, 0.2) is 0 Å². The van der Waals surface area contributed by atoms with Gasteiger partial charge in [-0.05, 0) is 55.1 Å². The van der Waals surface area contributed by atoms with E-state index in [4.69, 9.17) is 9.84 Å². The molecule has 0 bridgehead atoms. The molecule has 0 heterocycles. The standard InChI is InChI=1S/C17H23NO3/c1-3-10-18(15-6-7-15)12-14-11-16(21-2)8-4-13(14)5-9-17(19)20/h4-5,8-9,11,15H,3,6-7,10,12H2,1-2H3,(H,19,20). The molecular formula is C17H23NO3. The van der Waals surface area contributed by atoms with Gasteiger partial charge in [0.1, 0.15) is 5.75 Å². The first-order valence-electron chi connectivity index (χ1n) is 7.46. The Hall–Kier alpha value is -1.81. The first kappa shape index (κ1) is 15.6. The lowest BCUT2D eigenvalue weighted by Gasteiger charge is -2.22. The lowest BCUT2D eigenvalue weighted by atomic mass is 10.1. The fraction of sp³-hybridized carbons (Fsp3) is 0.471. The number of ether oxygens (including phenoxy) is 1. The molecule has 1 aliphatic rings. The molecule has 1 fully saturated rings. The second kappa shape index (κ2) is 7.27. The van der Waals surface area contributed by atoms with Crippen molar-refractivity contribution in [1.82, 2.24) is 4.90 Å². The molecular weight excluding hydrogens is 266 g/mol. The van der Waals surface area contributed by atoms with Crippen LogP contribution in [0, 0.1) is 0 Å². The zero-order chi connectivity index (χ0) is 15.2. The molecule has 0 radical (unpaired) electrons. The van der Waals surface area contributed by atoms with Crippen LogP contribution in [0.3, 0.4) is 0 Å². The molecule has 0 amide bonds. The van der Waals surface area contributed by atoms with E-state index < -0.39 is 5.97 Å². The summed E-state index contributed by atoms with van der Waals surface area (Å²) < 4.78 is 5.29. The van der Waals surface area contributed by atoms with Crippen molar-refractivity contribution < 1.29 is 14.6 Å². The summed E-state index contributed by atoms with van der Waals surface area (Å²) in [5.41, 5.74) is 2.06. The van der Waals surface area contributed by atoms with Gasteiger partial charge in [-0.2, -0.15) is 0 Å². The Balaban J connectivity index is 2.22. The van der Waals surface area contributed by atoms with Crippen molar-refractivity contribution in [3.63, 3.8) is 0 Å². The quantitative estimate of drug-likeness (QED) is 0.747. The van der Waals surface area contributed by atoms with E-state index in [-0.39, 0.29) is 0 Å². The van der Waals surface area contributed by atoms with Crippen molar-refractivity contribution in [2.75, 3.05) is 13.7 Å². The summed E-state index contributed by atoms with van der Waals surface area (Å²) in [6, 6.07) is 6.48. The maximum Gasteiger partial charge on any atom is 0.328 e. The van der Waals surface area contributed by atoms with Crippen molar-refractivity contribution in [2.45, 2.75) is 38.8 Å². The highest BCUT2D eigenvalue weighted by Crippen LogP contribution is 2.30. The van der Waals surface area contributed by atoms with Gasteiger partial charge in [0.25, 0.3) is 0 Å². The van der Waals surface area contributed by atoms with Gasteiger partial charge in [-0.3, -0.25) is 4.90 Å². The third-order valence-electron chi connectivity index (χ3n) is 3.70. The molecule has 4 nitrogen and oxygen atoms in total. The van der Waals surface area contributed by atoms with Gasteiger partial charge in [-0.15, -0.1) is 0 Å². The molecule has 0 aromatic heterocycles. The fourth-order valence-corrected chi connectivity index (χ4v) is 2.51. The molecule has 1 aliphatic carbocycles. The van der Waals surface area contributed by atoms with E-state index in [2.05, 4.69) is 11.8 Å². The van der Waals surface area contributed by atoms with Crippen LogP contribution >= 0.6 is 0 Å². The summed E-state index contributed by atoms with van der Waals surface area (Å²) in [5, 5.41) is 8.81. The van der Waals surface area contributed by atoms with Crippen LogP contribution in [-0.4, -0.2) is 35.7 Å². The zero-order valence-corrected chi connectivity index (χ0v) is 12.7. The SMILES string of the molecule is CCCN(Cc1cc(OC)ccc1C=CC(=O)O)C1CC1. The highest BCUT2D eigenvalue weighted by atomic mass is 16.5. The Morgan fingerprint density at radius 2 is 2.24 bits per heavy atom. The molecule has 21 heavy (non-hydrogen) atoms. The Bertz CT molecular complexity index is 521. The summed E-state index contributed by atoms with van der Waals surface area (Å²) in [6.07, 6.45) is 6.51. The van der Waals surface area contributed by atoms with Crippen LogP contribution < -0.4 is 4.74 Å². The second-order valence-corrected chi connectivity index (χ2v) is 5.44. The fourth-order valence-electron chi connectivity index (χ4n) is 2.51. The molecule has 0 atom stereocenters. The largest absolute Gasteiger partial charge is 0.497 e. The normalized spacial score (nSPS) is 14.8. The average molecular weight is 289 g/mol. The second-order valence-electron chi connectivity index (χ2n) is 5.44. The molecule has 2 rings (SSSR count). The monoisotopic (exact) mass is 289 g/mol. The summed E-state index contributed by atoms with van der Waals surface area (Å²) >= 11 is 0. The summed E-state index contributed by atoms with van der Waals surface area (Å²) in [6.45, 7) is 4.10. The lowest BCUT2D eigenvalue weighted by Crippen LogP contribution is -2.26. The number of aliphatic carboxylic acids is 1. The Kier molecular flexibility index (Phi) is 5.39. The highest BCUT2D eigenvalue weighted by molar-refractivity contribution is 5.85. The average Bonchev–Trinajstić information content (AvgIpc) is 3.29. The van der Waals surface area contributed by atoms with Crippen LogP contribution in [0.1, 0.15) is 37.3 Å². The van der Waals surface area contributed by atoms with Gasteiger partial charge >= 0.3 is 5.97 Å². The van der Waals surface area contributed by atoms with Gasteiger partial charge in [0.05, 0.1) is 7.11 Å². The Labute approximate surface area is 126 Å². The van der Waals surface area contributed by atoms with Gasteiger partial charge in [-0.25, -0.2) is 4.79 Å². The third-order valence-corrected chi connectivity index (χ3v) is 3.70. The number of rotatable bonds is 8. The topological polar surface area (TPSA) is 49.8 Å². The van der Waals surface area contributed by atoms with E-state index in [1.807, 2.05) is 18.2 Å². The van der Waals surface area contributed by atoms with Crippen LogP contribution in [-0.2, 0) is 11.3 Å². The van der Waals surface area contributed by atoms with Gasteiger partial charge in [0, 0.05) is 18.7 Å². The summed E-state index contributed by atoms with van der Waals surface area (Å²) in [4.78, 5) is 13.2. The minimum atomic E-state index is -0.927. The molecule has 0 aliphatic heterocycles. The van der Waals surface area contributed by atoms with E-state index in [1.165, 1.54) is 18.9 Å². The van der Waals surface area contributed by atoms with E-state index in [1.54, 1.807) is 13.2 Å². The molecule has 4 heteroatoms. The van der Waals surface area contributed by atoms with Crippen LogP contribution in [0.25, 0.3) is 6.08 Å². The van der Waals surface area contributed by atoms with E-state index in [9.17, 15) is 4.79 Å². The maximum atomic E-state index is 10.7. The zero-order valence-electron chi connectivity index (χ0n) is 12.7. The first-order chi connectivity index (χ1) is 10.1. The number of carboxylic acid groups (broad SMARTS) is 1. The van der Waals surface area contributed by atoms with E-state index >= 15 is 0 Å². The molecule has 0 unspecified atom stereocenters. The molecule has 1 N–H and O–H groups in total. The lowest BCUT2D eigenvalue weighted by molar-refractivity contribution is -0.131. The molecule has 1 saturated carbocycles. The van der Waals surface area contributed by atoms with Gasteiger partial charge < -0.3 is 9.84 Å². The van der Waals surface area contributed by atoms with Crippen molar-refractivity contribution in [3.05, 3.63) is 35.4 Å². The minimum absolute atomic E-state index is 0.687. The number of nitrogens with zero attached hydrogens (tertiary/aromatic N) is 1. The number of hydrogen-bond donors (Lipinski definition) is 1. The minimum Gasteiger partial charge on any atom is -0.497 e. The third kappa shape index (κ3) is 4.60. The molecule has 114 valence electrons. The smallest absolute Gasteiger partial charge is 0.328 e. The first-order valence-corrected chi connectivity index (χ1v) is 7.46. The number of carbonyl (C=O) groups is 1. The number of methoxy groups -OCH3 is 1. The predicted octanol–water partition coefficient (Wildman–Crippen LogP) is 3.17. The molecule has 1 aromatic carbocycles. The van der Waals surface area contributed by atoms with E-state index in [0.717, 1.165) is 36.4 Å². The van der Waals surface area contributed by atoms with Crippen molar-refractivity contribution in [1.29, 1.82) is 0 Å². The number of hydrogen-bond acceptors (Lipinski definition) is 3. The number of benzene rings is 1. The number of carboxylic acids is 1. The van der Waals surface area contributed by atoms with Crippen molar-refractivity contribution in [2.24, 2.45) is 0 Å². The van der Waals surface area contributed by atoms with Crippen molar-refractivity contribution in [3.8, 4) is 5.75 Å². The van der Waals surface area contributed by atoms with Crippen molar-refractivity contribution >= 4 is 12.0 Å². The van der Waals surface area contributed by atoms with Crippen LogP contribution in [0.2, 0.25) is 0 Å². The van der Waals surface area contributed by atoms with Crippen LogP contribution in [0.15, 0.2) is 24.3 Å². The van der Waals surface area contributed by atoms with Crippen LogP contribution in [0.4, 0.5) is 0 Å². The summed E-state index contributed by atoms with van der Waals surface area (Å²) in [5.74, 6) is -0.117. The van der Waals surface area contributed by atoms with Crippen LogP contribution in [0.5, 0.6) is 5.75 Å².